The van der Waals surface area contributed by atoms with Crippen LogP contribution in [0.3, 0.4) is 0 Å². The van der Waals surface area contributed by atoms with Gasteiger partial charge in [0, 0.05) is 0 Å². The van der Waals surface area contributed by atoms with Crippen molar-refractivity contribution in [1.29, 1.82) is 0 Å². The maximum absolute atomic E-state index is 4.24. The van der Waals surface area contributed by atoms with E-state index in [0.717, 1.165) is 6.42 Å². The zero-order valence-corrected chi connectivity index (χ0v) is 15.7. The molecule has 0 saturated heterocycles. The van der Waals surface area contributed by atoms with Crippen LogP contribution in [0.25, 0.3) is 5.57 Å². The van der Waals surface area contributed by atoms with Gasteiger partial charge >= 0.3 is 0 Å². The van der Waals surface area contributed by atoms with Gasteiger partial charge in [0.05, 0.1) is 5.41 Å². The van der Waals surface area contributed by atoms with Crippen LogP contribution in [0.15, 0.2) is 115 Å². The van der Waals surface area contributed by atoms with Gasteiger partial charge in [-0.25, -0.2) is 0 Å². The molecule has 0 bridgehead atoms. The van der Waals surface area contributed by atoms with Gasteiger partial charge in [-0.3, -0.25) is 0 Å². The molecule has 1 aliphatic rings. The third-order valence-corrected chi connectivity index (χ3v) is 5.45. The highest BCUT2D eigenvalue weighted by molar-refractivity contribution is 5.91. The van der Waals surface area contributed by atoms with E-state index in [1.807, 2.05) is 0 Å². The normalized spacial score (nSPS) is 15.1. The highest BCUT2D eigenvalue weighted by Crippen LogP contribution is 2.54. The molecular formula is C27H24. The Bertz CT molecular complexity index is 965. The van der Waals surface area contributed by atoms with Crippen molar-refractivity contribution in [3.05, 3.63) is 138 Å². The van der Waals surface area contributed by atoms with Gasteiger partial charge in [0.2, 0.25) is 0 Å². The number of rotatable bonds is 5. The van der Waals surface area contributed by atoms with Crippen molar-refractivity contribution in [1.82, 2.24) is 0 Å². The highest BCUT2D eigenvalue weighted by Gasteiger charge is 2.45. The van der Waals surface area contributed by atoms with Gasteiger partial charge in [0.1, 0.15) is 0 Å². The van der Waals surface area contributed by atoms with Crippen LogP contribution in [0.5, 0.6) is 0 Å². The van der Waals surface area contributed by atoms with Crippen molar-refractivity contribution in [2.45, 2.75) is 18.8 Å². The number of hydrogen-bond acceptors (Lipinski definition) is 0. The molecule has 0 aliphatic heterocycles. The Morgan fingerprint density at radius 1 is 0.778 bits per heavy atom. The SMILES string of the molecule is C=CC1=C(/C=C\CC)c2ccccc2C1(c1ccccc1)c1ccccc1. The first-order chi connectivity index (χ1) is 13.3. The van der Waals surface area contributed by atoms with Gasteiger partial charge in [0.25, 0.3) is 0 Å². The Labute approximate surface area is 162 Å². The molecule has 0 saturated carbocycles. The van der Waals surface area contributed by atoms with E-state index in [2.05, 4.69) is 117 Å². The quantitative estimate of drug-likeness (QED) is 0.468. The molecular weight excluding hydrogens is 324 g/mol. The molecule has 1 aliphatic carbocycles. The molecule has 0 N–H and O–H groups in total. The number of hydrogen-bond donors (Lipinski definition) is 0. The fraction of sp³-hybridized carbons (Fsp3) is 0.111. The van der Waals surface area contributed by atoms with Gasteiger partial charge < -0.3 is 0 Å². The molecule has 0 aromatic heterocycles. The van der Waals surface area contributed by atoms with E-state index >= 15 is 0 Å². The summed E-state index contributed by atoms with van der Waals surface area (Å²) in [7, 11) is 0. The van der Waals surface area contributed by atoms with Gasteiger partial charge in [0.15, 0.2) is 0 Å². The molecule has 0 unspecified atom stereocenters. The van der Waals surface area contributed by atoms with Crippen LogP contribution in [0.1, 0.15) is 35.6 Å². The van der Waals surface area contributed by atoms with Crippen LogP contribution >= 0.6 is 0 Å². The maximum atomic E-state index is 4.24. The third kappa shape index (κ3) is 2.61. The summed E-state index contributed by atoms with van der Waals surface area (Å²) in [6, 6.07) is 30.4. The summed E-state index contributed by atoms with van der Waals surface area (Å²) in [6.07, 6.45) is 7.57. The second-order valence-electron chi connectivity index (χ2n) is 6.87. The summed E-state index contributed by atoms with van der Waals surface area (Å²) in [5.74, 6) is 0. The van der Waals surface area contributed by atoms with Crippen LogP contribution in [-0.2, 0) is 5.41 Å². The monoisotopic (exact) mass is 348 g/mol. The summed E-state index contributed by atoms with van der Waals surface area (Å²) in [5, 5.41) is 0. The Morgan fingerprint density at radius 2 is 1.33 bits per heavy atom. The molecule has 0 heteroatoms. The topological polar surface area (TPSA) is 0 Å². The van der Waals surface area contributed by atoms with Crippen molar-refractivity contribution >= 4 is 5.57 Å². The molecule has 0 atom stereocenters. The molecule has 0 heterocycles. The maximum Gasteiger partial charge on any atom is 0.0713 e. The third-order valence-electron chi connectivity index (χ3n) is 5.45. The largest absolute Gasteiger partial charge is 0.0987 e. The Kier molecular flexibility index (Phi) is 4.64. The zero-order valence-electron chi connectivity index (χ0n) is 15.7. The minimum atomic E-state index is -0.339. The summed E-state index contributed by atoms with van der Waals surface area (Å²) < 4.78 is 0. The molecule has 0 spiro atoms. The minimum Gasteiger partial charge on any atom is -0.0987 e. The van der Waals surface area contributed by atoms with Gasteiger partial charge in [-0.05, 0) is 39.8 Å². The smallest absolute Gasteiger partial charge is 0.0713 e. The van der Waals surface area contributed by atoms with E-state index in [0.29, 0.717) is 0 Å². The van der Waals surface area contributed by atoms with Crippen LogP contribution in [0.4, 0.5) is 0 Å². The van der Waals surface area contributed by atoms with Crippen molar-refractivity contribution in [3.63, 3.8) is 0 Å². The van der Waals surface area contributed by atoms with E-state index in [4.69, 9.17) is 0 Å². The number of allylic oxidation sites excluding steroid dienone is 5. The Balaban J connectivity index is 2.16. The lowest BCUT2D eigenvalue weighted by molar-refractivity contribution is 0.762. The van der Waals surface area contributed by atoms with E-state index in [-0.39, 0.29) is 5.41 Å². The van der Waals surface area contributed by atoms with Gasteiger partial charge in [-0.2, -0.15) is 0 Å². The summed E-state index contributed by atoms with van der Waals surface area (Å²) >= 11 is 0. The molecule has 3 aromatic rings. The minimum absolute atomic E-state index is 0.339. The second kappa shape index (κ2) is 7.25. The molecule has 27 heavy (non-hydrogen) atoms. The molecule has 0 fully saturated rings. The lowest BCUT2D eigenvalue weighted by Gasteiger charge is -2.34. The van der Waals surface area contributed by atoms with Crippen molar-refractivity contribution in [2.75, 3.05) is 0 Å². The van der Waals surface area contributed by atoms with Crippen LogP contribution < -0.4 is 0 Å². The first-order valence-electron chi connectivity index (χ1n) is 9.58. The molecule has 0 radical (unpaired) electrons. The number of benzene rings is 3. The Morgan fingerprint density at radius 3 is 1.89 bits per heavy atom. The summed E-state index contributed by atoms with van der Waals surface area (Å²) in [5.41, 5.74) is 7.37. The first-order valence-corrected chi connectivity index (χ1v) is 9.58. The molecule has 132 valence electrons. The highest BCUT2D eigenvalue weighted by atomic mass is 14.5. The van der Waals surface area contributed by atoms with Crippen molar-refractivity contribution < 1.29 is 0 Å². The molecule has 0 nitrogen and oxygen atoms in total. The molecule has 3 aromatic carbocycles. The van der Waals surface area contributed by atoms with Gasteiger partial charge in [-0.15, -0.1) is 0 Å². The fourth-order valence-corrected chi connectivity index (χ4v) is 4.38. The van der Waals surface area contributed by atoms with E-state index in [1.54, 1.807) is 0 Å². The fourth-order valence-electron chi connectivity index (χ4n) is 4.38. The molecule has 0 amide bonds. The Hall–Kier alpha value is -3.12. The summed E-state index contributed by atoms with van der Waals surface area (Å²) in [6.45, 7) is 6.41. The van der Waals surface area contributed by atoms with Gasteiger partial charge in [-0.1, -0.05) is 117 Å². The number of fused-ring (bicyclic) bond motifs is 1. The first kappa shape index (κ1) is 17.3. The average Bonchev–Trinajstić information content (AvgIpc) is 3.04. The predicted octanol–water partition coefficient (Wildman–Crippen LogP) is 6.94. The zero-order chi connectivity index (χ0) is 18.7. The lowest BCUT2D eigenvalue weighted by atomic mass is 9.67. The van der Waals surface area contributed by atoms with Crippen LogP contribution in [0, 0.1) is 0 Å². The van der Waals surface area contributed by atoms with E-state index in [1.165, 1.54) is 33.4 Å². The van der Waals surface area contributed by atoms with E-state index in [9.17, 15) is 0 Å². The van der Waals surface area contributed by atoms with Crippen LogP contribution in [-0.4, -0.2) is 0 Å². The lowest BCUT2D eigenvalue weighted by Crippen LogP contribution is -2.29. The standard InChI is InChI=1S/C27H24/c1-3-5-18-23-24-19-12-13-20-26(24)27(25(23)4-2,21-14-8-6-9-15-21)22-16-10-7-11-17-22/h4-20H,2-3H2,1H3/b18-5-. The van der Waals surface area contributed by atoms with Crippen molar-refractivity contribution in [3.8, 4) is 0 Å². The second-order valence-corrected chi connectivity index (χ2v) is 6.87. The predicted molar refractivity (Wildman–Crippen MR) is 116 cm³/mol. The van der Waals surface area contributed by atoms with E-state index < -0.39 is 0 Å². The van der Waals surface area contributed by atoms with Crippen molar-refractivity contribution in [2.24, 2.45) is 0 Å². The average molecular weight is 348 g/mol. The van der Waals surface area contributed by atoms with Crippen LogP contribution in [0.2, 0.25) is 0 Å². The molecule has 4 rings (SSSR count). The summed E-state index contributed by atoms with van der Waals surface area (Å²) in [4.78, 5) is 0.